The number of furan rings is 1. The summed E-state index contributed by atoms with van der Waals surface area (Å²) < 4.78 is 17.9. The molecule has 11 heteroatoms. The van der Waals surface area contributed by atoms with Crippen molar-refractivity contribution in [3.8, 4) is 5.75 Å². The fourth-order valence-electron chi connectivity index (χ4n) is 3.26. The van der Waals surface area contributed by atoms with Crippen molar-refractivity contribution in [1.82, 2.24) is 25.1 Å². The lowest BCUT2D eigenvalue weighted by atomic mass is 10.1. The maximum Gasteiger partial charge on any atom is 0.330 e. The van der Waals surface area contributed by atoms with Gasteiger partial charge in [0.05, 0.1) is 29.1 Å². The van der Waals surface area contributed by atoms with Gasteiger partial charge in [0.25, 0.3) is 5.91 Å². The number of methoxy groups -OCH3 is 1. The van der Waals surface area contributed by atoms with E-state index >= 15 is 0 Å². The van der Waals surface area contributed by atoms with Crippen LogP contribution in [0.25, 0.3) is 11.0 Å². The molecule has 166 valence electrons. The molecule has 32 heavy (non-hydrogen) atoms. The Labute approximate surface area is 187 Å². The second kappa shape index (κ2) is 9.18. The van der Waals surface area contributed by atoms with Crippen molar-refractivity contribution in [1.29, 1.82) is 0 Å². The Kier molecular flexibility index (Phi) is 6.17. The molecule has 1 atom stereocenters. The summed E-state index contributed by atoms with van der Waals surface area (Å²) in [6.07, 6.45) is 4.58. The van der Waals surface area contributed by atoms with Crippen LogP contribution < -0.4 is 10.1 Å². The van der Waals surface area contributed by atoms with Crippen LogP contribution in [-0.4, -0.2) is 44.8 Å². The van der Waals surface area contributed by atoms with Gasteiger partial charge in [0.15, 0.2) is 0 Å². The number of amides is 1. The average Bonchev–Trinajstić information content (AvgIpc) is 3.50. The molecule has 0 saturated carbocycles. The summed E-state index contributed by atoms with van der Waals surface area (Å²) in [5, 5.41) is 8.24. The number of rotatable bonds is 8. The van der Waals surface area contributed by atoms with Crippen molar-refractivity contribution < 1.29 is 23.5 Å². The van der Waals surface area contributed by atoms with E-state index in [1.165, 1.54) is 24.4 Å². The minimum absolute atomic E-state index is 0.0792. The van der Waals surface area contributed by atoms with E-state index in [2.05, 4.69) is 20.4 Å². The van der Waals surface area contributed by atoms with Crippen LogP contribution in [-0.2, 0) is 22.7 Å². The first-order valence-corrected chi connectivity index (χ1v) is 10.5. The van der Waals surface area contributed by atoms with Gasteiger partial charge in [-0.3, -0.25) is 9.48 Å². The summed E-state index contributed by atoms with van der Waals surface area (Å²) in [5.74, 6) is -0.0437. The monoisotopic (exact) mass is 455 g/mol. The number of esters is 1. The highest BCUT2D eigenvalue weighted by molar-refractivity contribution is 7.11. The van der Waals surface area contributed by atoms with Crippen LogP contribution in [0.1, 0.15) is 26.0 Å². The van der Waals surface area contributed by atoms with Gasteiger partial charge in [-0.1, -0.05) is 0 Å². The number of aryl methyl sites for hydroxylation is 2. The number of nitrogens with one attached hydrogen (secondary N) is 1. The predicted molar refractivity (Wildman–Crippen MR) is 115 cm³/mol. The zero-order chi connectivity index (χ0) is 22.7. The standard InChI is InChI=1S/C21H21N5O5S/c1-12-19(20(27)25-17(21(28)29-3)8-26-11-22-10-24-26)16-6-14(4-5-18(16)31-12)30-9-15-7-23-13(2)32-15/h4-7,10-11,17H,8-9H2,1-3H3,(H,25,27). The van der Waals surface area contributed by atoms with E-state index in [4.69, 9.17) is 13.9 Å². The lowest BCUT2D eigenvalue weighted by molar-refractivity contribution is -0.143. The number of hydrogen-bond donors (Lipinski definition) is 1. The Morgan fingerprint density at radius 3 is 2.84 bits per heavy atom. The summed E-state index contributed by atoms with van der Waals surface area (Å²) in [7, 11) is 1.26. The van der Waals surface area contributed by atoms with Crippen molar-refractivity contribution >= 4 is 34.2 Å². The summed E-state index contributed by atoms with van der Waals surface area (Å²) in [5.41, 5.74) is 0.867. The highest BCUT2D eigenvalue weighted by Crippen LogP contribution is 2.30. The molecule has 4 rings (SSSR count). The highest BCUT2D eigenvalue weighted by atomic mass is 32.1. The van der Waals surface area contributed by atoms with Gasteiger partial charge < -0.3 is 19.2 Å². The topological polar surface area (TPSA) is 121 Å². The van der Waals surface area contributed by atoms with Crippen molar-refractivity contribution in [3.63, 3.8) is 0 Å². The minimum Gasteiger partial charge on any atom is -0.488 e. The summed E-state index contributed by atoms with van der Waals surface area (Å²) in [6.45, 7) is 4.08. The molecule has 0 spiro atoms. The van der Waals surface area contributed by atoms with Crippen molar-refractivity contribution in [2.24, 2.45) is 0 Å². The summed E-state index contributed by atoms with van der Waals surface area (Å²) in [4.78, 5) is 34.4. The van der Waals surface area contributed by atoms with Crippen LogP contribution in [0.3, 0.4) is 0 Å². The minimum atomic E-state index is -0.951. The van der Waals surface area contributed by atoms with Crippen LogP contribution in [0.15, 0.2) is 41.5 Å². The zero-order valence-electron chi connectivity index (χ0n) is 17.7. The molecule has 3 heterocycles. The maximum absolute atomic E-state index is 13.1. The van der Waals surface area contributed by atoms with Gasteiger partial charge in [-0.25, -0.2) is 14.8 Å². The Morgan fingerprint density at radius 2 is 2.16 bits per heavy atom. The van der Waals surface area contributed by atoms with Gasteiger partial charge in [-0.05, 0) is 32.0 Å². The van der Waals surface area contributed by atoms with E-state index in [0.29, 0.717) is 34.6 Å². The fraction of sp³-hybridized carbons (Fsp3) is 0.286. The second-order valence-corrected chi connectivity index (χ2v) is 8.31. The SMILES string of the molecule is COC(=O)C(Cn1cncn1)NC(=O)c1c(C)oc2ccc(OCc3cnc(C)s3)cc12. The molecule has 3 aromatic heterocycles. The number of benzene rings is 1. The van der Waals surface area contributed by atoms with E-state index < -0.39 is 17.9 Å². The lowest BCUT2D eigenvalue weighted by Gasteiger charge is -2.16. The predicted octanol–water partition coefficient (Wildman–Crippen LogP) is 2.65. The van der Waals surface area contributed by atoms with Gasteiger partial charge >= 0.3 is 5.97 Å². The van der Waals surface area contributed by atoms with Crippen LogP contribution in [0, 0.1) is 13.8 Å². The number of carbonyl (C=O) groups is 2. The number of aromatic nitrogens is 4. The molecule has 0 fully saturated rings. The van der Waals surface area contributed by atoms with E-state index in [9.17, 15) is 9.59 Å². The molecule has 1 amide bonds. The Balaban J connectivity index is 1.56. The Bertz CT molecular complexity index is 1250. The first-order valence-electron chi connectivity index (χ1n) is 9.73. The lowest BCUT2D eigenvalue weighted by Crippen LogP contribution is -2.44. The number of hydrogen-bond acceptors (Lipinski definition) is 9. The molecule has 0 bridgehead atoms. The number of carbonyl (C=O) groups excluding carboxylic acids is 2. The second-order valence-electron chi connectivity index (χ2n) is 6.99. The Morgan fingerprint density at radius 1 is 1.31 bits per heavy atom. The van der Waals surface area contributed by atoms with E-state index in [1.807, 2.05) is 6.92 Å². The number of thiazole rings is 1. The molecule has 1 aromatic carbocycles. The third-order valence-electron chi connectivity index (χ3n) is 4.74. The van der Waals surface area contributed by atoms with Gasteiger partial charge in [0.1, 0.15) is 42.4 Å². The molecular formula is C21H21N5O5S. The number of ether oxygens (including phenoxy) is 2. The molecular weight excluding hydrogens is 434 g/mol. The van der Waals surface area contributed by atoms with Crippen molar-refractivity contribution in [3.05, 3.63) is 58.3 Å². The third-order valence-corrected chi connectivity index (χ3v) is 5.63. The van der Waals surface area contributed by atoms with Crippen LogP contribution in [0.2, 0.25) is 0 Å². The van der Waals surface area contributed by atoms with Crippen LogP contribution in [0.5, 0.6) is 5.75 Å². The molecule has 0 aliphatic heterocycles. The van der Waals surface area contributed by atoms with Crippen LogP contribution >= 0.6 is 11.3 Å². The Hall–Kier alpha value is -3.73. The highest BCUT2D eigenvalue weighted by Gasteiger charge is 2.26. The normalized spacial score (nSPS) is 12.0. The smallest absolute Gasteiger partial charge is 0.330 e. The molecule has 0 saturated heterocycles. The van der Waals surface area contributed by atoms with Gasteiger partial charge in [0.2, 0.25) is 0 Å². The average molecular weight is 455 g/mol. The molecule has 4 aromatic rings. The van der Waals surface area contributed by atoms with Gasteiger partial charge in [-0.15, -0.1) is 11.3 Å². The first kappa shape index (κ1) is 21.5. The molecule has 1 unspecified atom stereocenters. The van der Waals surface area contributed by atoms with Gasteiger partial charge in [0, 0.05) is 11.6 Å². The third kappa shape index (κ3) is 4.62. The largest absolute Gasteiger partial charge is 0.488 e. The zero-order valence-corrected chi connectivity index (χ0v) is 18.5. The quantitative estimate of drug-likeness (QED) is 0.403. The summed E-state index contributed by atoms with van der Waals surface area (Å²) >= 11 is 1.56. The van der Waals surface area contributed by atoms with E-state index in [0.717, 1.165) is 9.88 Å². The number of nitrogens with zero attached hydrogens (tertiary/aromatic N) is 4. The number of fused-ring (bicyclic) bond motifs is 1. The van der Waals surface area contributed by atoms with E-state index in [-0.39, 0.29) is 6.54 Å². The first-order chi connectivity index (χ1) is 15.4. The molecule has 0 aliphatic carbocycles. The molecule has 1 N–H and O–H groups in total. The van der Waals surface area contributed by atoms with Crippen LogP contribution in [0.4, 0.5) is 0 Å². The van der Waals surface area contributed by atoms with Crippen molar-refractivity contribution in [2.75, 3.05) is 7.11 Å². The summed E-state index contributed by atoms with van der Waals surface area (Å²) in [6, 6.07) is 4.33. The molecule has 10 nitrogen and oxygen atoms in total. The fourth-order valence-corrected chi connectivity index (χ4v) is 3.97. The molecule has 0 radical (unpaired) electrons. The van der Waals surface area contributed by atoms with E-state index in [1.54, 1.807) is 42.7 Å². The van der Waals surface area contributed by atoms with Crippen molar-refractivity contribution in [2.45, 2.75) is 33.0 Å². The maximum atomic E-state index is 13.1. The molecule has 0 aliphatic rings. The van der Waals surface area contributed by atoms with Gasteiger partial charge in [-0.2, -0.15) is 5.10 Å².